The van der Waals surface area contributed by atoms with Gasteiger partial charge in [0.1, 0.15) is 5.75 Å². The summed E-state index contributed by atoms with van der Waals surface area (Å²) in [6.07, 6.45) is 0. The van der Waals surface area contributed by atoms with Gasteiger partial charge in [0, 0.05) is 37.2 Å². The monoisotopic (exact) mass is 324 g/mol. The van der Waals surface area contributed by atoms with Gasteiger partial charge < -0.3 is 9.64 Å². The maximum atomic E-state index is 12.7. The molecule has 0 bridgehead atoms. The molecule has 1 aromatic rings. The van der Waals surface area contributed by atoms with Crippen LogP contribution in [-0.2, 0) is 4.79 Å². The first kappa shape index (κ1) is 17.1. The predicted molar refractivity (Wildman–Crippen MR) is 89.4 cm³/mol. The average molecular weight is 325 g/mol. The van der Waals surface area contributed by atoms with E-state index in [4.69, 9.17) is 16.3 Å². The number of piperazine rings is 1. The molecule has 122 valence electrons. The number of halogens is 1. The van der Waals surface area contributed by atoms with E-state index >= 15 is 0 Å². The number of benzene rings is 1. The van der Waals surface area contributed by atoms with Crippen molar-refractivity contribution >= 4 is 17.5 Å². The van der Waals surface area contributed by atoms with Gasteiger partial charge in [0.25, 0.3) is 5.91 Å². The Balaban J connectivity index is 1.97. The molecule has 0 atom stereocenters. The largest absolute Gasteiger partial charge is 0.478 e. The fourth-order valence-electron chi connectivity index (χ4n) is 2.66. The molecule has 1 aromatic carbocycles. The number of rotatable bonds is 4. The van der Waals surface area contributed by atoms with Gasteiger partial charge in [0.2, 0.25) is 0 Å². The Kier molecular flexibility index (Phi) is 5.35. The first-order valence-corrected chi connectivity index (χ1v) is 8.15. The molecule has 22 heavy (non-hydrogen) atoms. The van der Waals surface area contributed by atoms with Crippen LogP contribution in [0.3, 0.4) is 0 Å². The van der Waals surface area contributed by atoms with Crippen LogP contribution in [0.15, 0.2) is 24.3 Å². The van der Waals surface area contributed by atoms with Gasteiger partial charge in [-0.05, 0) is 52.0 Å². The maximum Gasteiger partial charge on any atom is 0.266 e. The van der Waals surface area contributed by atoms with Gasteiger partial charge in [-0.15, -0.1) is 0 Å². The summed E-state index contributed by atoms with van der Waals surface area (Å²) in [5.41, 5.74) is -0.881. The highest BCUT2D eigenvalue weighted by Crippen LogP contribution is 2.23. The first-order chi connectivity index (χ1) is 10.3. The molecule has 1 amide bonds. The van der Waals surface area contributed by atoms with E-state index in [9.17, 15) is 4.79 Å². The molecular formula is C17H25ClN2O2. The van der Waals surface area contributed by atoms with Gasteiger partial charge in [0.05, 0.1) is 0 Å². The lowest BCUT2D eigenvalue weighted by Crippen LogP contribution is -2.56. The smallest absolute Gasteiger partial charge is 0.266 e. The SMILES string of the molecule is CC(C)N1CCN(C(=O)C(C)(C)Oc2ccc(Cl)cc2)CC1. The molecule has 2 rings (SSSR count). The maximum absolute atomic E-state index is 12.7. The Bertz CT molecular complexity index is 506. The number of ether oxygens (including phenoxy) is 1. The van der Waals surface area contributed by atoms with E-state index < -0.39 is 5.60 Å². The topological polar surface area (TPSA) is 32.8 Å². The van der Waals surface area contributed by atoms with E-state index in [2.05, 4.69) is 18.7 Å². The standard InChI is InChI=1S/C17H25ClN2O2/c1-13(2)19-9-11-20(12-10-19)16(21)17(3,4)22-15-7-5-14(18)6-8-15/h5-8,13H,9-12H2,1-4H3. The summed E-state index contributed by atoms with van der Waals surface area (Å²) in [7, 11) is 0. The molecule has 1 heterocycles. The highest BCUT2D eigenvalue weighted by atomic mass is 35.5. The van der Waals surface area contributed by atoms with Crippen molar-refractivity contribution in [1.82, 2.24) is 9.80 Å². The van der Waals surface area contributed by atoms with Gasteiger partial charge in [-0.25, -0.2) is 0 Å². The normalized spacial score (nSPS) is 16.9. The van der Waals surface area contributed by atoms with Crippen molar-refractivity contribution in [2.24, 2.45) is 0 Å². The Morgan fingerprint density at radius 3 is 2.18 bits per heavy atom. The molecule has 0 aliphatic carbocycles. The predicted octanol–water partition coefficient (Wildman–Crippen LogP) is 3.05. The second-order valence-corrected chi connectivity index (χ2v) is 6.92. The molecular weight excluding hydrogens is 300 g/mol. The van der Waals surface area contributed by atoms with Crippen LogP contribution in [0.1, 0.15) is 27.7 Å². The first-order valence-electron chi connectivity index (χ1n) is 7.77. The molecule has 0 saturated carbocycles. The summed E-state index contributed by atoms with van der Waals surface area (Å²) < 4.78 is 5.88. The Morgan fingerprint density at radius 1 is 1.14 bits per heavy atom. The molecule has 0 radical (unpaired) electrons. The fraction of sp³-hybridized carbons (Fsp3) is 0.588. The van der Waals surface area contributed by atoms with E-state index in [1.54, 1.807) is 24.3 Å². The van der Waals surface area contributed by atoms with Crippen LogP contribution in [0.25, 0.3) is 0 Å². The van der Waals surface area contributed by atoms with E-state index in [0.717, 1.165) is 26.2 Å². The van der Waals surface area contributed by atoms with Gasteiger partial charge >= 0.3 is 0 Å². The molecule has 4 nitrogen and oxygen atoms in total. The van der Waals surface area contributed by atoms with E-state index in [0.29, 0.717) is 16.8 Å². The lowest BCUT2D eigenvalue weighted by Gasteiger charge is -2.40. The zero-order chi connectivity index (χ0) is 16.3. The van der Waals surface area contributed by atoms with Crippen LogP contribution in [0, 0.1) is 0 Å². The highest BCUT2D eigenvalue weighted by molar-refractivity contribution is 6.30. The minimum absolute atomic E-state index is 0.0332. The van der Waals surface area contributed by atoms with Crippen molar-refractivity contribution in [3.8, 4) is 5.75 Å². The summed E-state index contributed by atoms with van der Waals surface area (Å²) in [6.45, 7) is 11.4. The average Bonchev–Trinajstić information content (AvgIpc) is 2.48. The minimum Gasteiger partial charge on any atom is -0.478 e. The van der Waals surface area contributed by atoms with Crippen LogP contribution in [-0.4, -0.2) is 53.5 Å². The minimum atomic E-state index is -0.881. The summed E-state index contributed by atoms with van der Waals surface area (Å²) in [5, 5.41) is 0.654. The van der Waals surface area contributed by atoms with Crippen molar-refractivity contribution in [1.29, 1.82) is 0 Å². The van der Waals surface area contributed by atoms with Crippen LogP contribution < -0.4 is 4.74 Å². The van der Waals surface area contributed by atoms with Crippen LogP contribution in [0.2, 0.25) is 5.02 Å². The van der Waals surface area contributed by atoms with E-state index in [1.165, 1.54) is 0 Å². The zero-order valence-corrected chi connectivity index (χ0v) is 14.6. The summed E-state index contributed by atoms with van der Waals surface area (Å²) in [4.78, 5) is 17.0. The number of carbonyl (C=O) groups is 1. The summed E-state index contributed by atoms with van der Waals surface area (Å²) in [5.74, 6) is 0.689. The molecule has 1 aliphatic rings. The third-order valence-electron chi connectivity index (χ3n) is 4.03. The molecule has 1 saturated heterocycles. The Hall–Kier alpha value is -1.26. The molecule has 0 unspecified atom stereocenters. The third-order valence-corrected chi connectivity index (χ3v) is 4.29. The molecule has 1 aliphatic heterocycles. The molecule has 0 aromatic heterocycles. The highest BCUT2D eigenvalue weighted by Gasteiger charge is 2.35. The van der Waals surface area contributed by atoms with Gasteiger partial charge in [0.15, 0.2) is 5.60 Å². The van der Waals surface area contributed by atoms with Gasteiger partial charge in [-0.3, -0.25) is 9.69 Å². The Morgan fingerprint density at radius 2 is 1.68 bits per heavy atom. The van der Waals surface area contributed by atoms with Crippen molar-refractivity contribution in [3.63, 3.8) is 0 Å². The van der Waals surface area contributed by atoms with Crippen molar-refractivity contribution in [2.45, 2.75) is 39.3 Å². The van der Waals surface area contributed by atoms with Crippen molar-refractivity contribution in [3.05, 3.63) is 29.3 Å². The summed E-state index contributed by atoms with van der Waals surface area (Å²) in [6, 6.07) is 7.62. The van der Waals surface area contributed by atoms with Crippen LogP contribution in [0.5, 0.6) is 5.75 Å². The number of amides is 1. The molecule has 0 spiro atoms. The zero-order valence-electron chi connectivity index (χ0n) is 13.8. The van der Waals surface area contributed by atoms with Gasteiger partial charge in [-0.1, -0.05) is 11.6 Å². The number of hydrogen-bond donors (Lipinski definition) is 0. The lowest BCUT2D eigenvalue weighted by molar-refractivity contribution is -0.147. The van der Waals surface area contributed by atoms with Crippen LogP contribution >= 0.6 is 11.6 Å². The quantitative estimate of drug-likeness (QED) is 0.853. The lowest BCUT2D eigenvalue weighted by atomic mass is 10.1. The second kappa shape index (κ2) is 6.88. The number of carbonyl (C=O) groups excluding carboxylic acids is 1. The third kappa shape index (κ3) is 4.14. The number of hydrogen-bond acceptors (Lipinski definition) is 3. The van der Waals surface area contributed by atoms with Crippen LogP contribution in [0.4, 0.5) is 0 Å². The molecule has 0 N–H and O–H groups in total. The number of nitrogens with zero attached hydrogens (tertiary/aromatic N) is 2. The van der Waals surface area contributed by atoms with Crippen molar-refractivity contribution in [2.75, 3.05) is 26.2 Å². The fourth-order valence-corrected chi connectivity index (χ4v) is 2.79. The Labute approximate surface area is 138 Å². The molecule has 1 fully saturated rings. The second-order valence-electron chi connectivity index (χ2n) is 6.49. The van der Waals surface area contributed by atoms with E-state index in [1.807, 2.05) is 18.7 Å². The van der Waals surface area contributed by atoms with E-state index in [-0.39, 0.29) is 5.91 Å². The van der Waals surface area contributed by atoms with Crippen molar-refractivity contribution < 1.29 is 9.53 Å². The summed E-state index contributed by atoms with van der Waals surface area (Å²) >= 11 is 5.87. The molecule has 5 heteroatoms. The van der Waals surface area contributed by atoms with Gasteiger partial charge in [-0.2, -0.15) is 0 Å².